The Bertz CT molecular complexity index is 2680. The van der Waals surface area contributed by atoms with E-state index in [-0.39, 0.29) is 74.4 Å². The number of ether oxygens (including phenoxy) is 4. The smallest absolute Gasteiger partial charge is 0.243 e. The van der Waals surface area contributed by atoms with E-state index in [1.54, 1.807) is 35.6 Å². The number of hydrogen-bond donors (Lipinski definition) is 3. The Balaban J connectivity index is 0.720. The van der Waals surface area contributed by atoms with E-state index < -0.39 is 23.5 Å². The minimum atomic E-state index is -0.845. The third-order valence-electron chi connectivity index (χ3n) is 12.3. The second-order valence-corrected chi connectivity index (χ2v) is 20.3. The number of likely N-dealkylation sites (tertiary alicyclic amines) is 2. The molecule has 13 nitrogen and oxygen atoms in total. The van der Waals surface area contributed by atoms with E-state index in [1.165, 1.54) is 28.4 Å². The van der Waals surface area contributed by atoms with Gasteiger partial charge in [0.2, 0.25) is 11.8 Å². The molecule has 8 rings (SSSR count). The molecule has 0 saturated carbocycles. The number of thiophene rings is 1. The molecular formula is C52H57FN4O9S2. The van der Waals surface area contributed by atoms with Crippen molar-refractivity contribution in [2.45, 2.75) is 65.3 Å². The van der Waals surface area contributed by atoms with Gasteiger partial charge in [0.15, 0.2) is 11.5 Å². The number of carbonyl (C=O) groups is 3. The average molecular weight is 965 g/mol. The standard InChI is InChI=1S/C52H57FN4O9S2/c1-32-48(67-31-55-32)34-7-5-33(6-8-34)26-54-50(61)45-24-38(59)27-57(45)51(62)44(52(2,3)4)23-39(60)30-63-21-22-65-42-28-56(29-42)19-20-64-40-14-16-41(17-15-40)66-47-43-18-13-37(58)25-46(43)68-49(47)35-9-11-36(53)12-10-35/h5-18,25,31,38,42,44-45,58-59H,19-24,26-30H2,1-4H3,(H,54,61)/t38-,44-,45+/m1/s1. The van der Waals surface area contributed by atoms with Crippen molar-refractivity contribution in [1.82, 2.24) is 20.1 Å². The fourth-order valence-corrected chi connectivity index (χ4v) is 10.4. The highest BCUT2D eigenvalue weighted by molar-refractivity contribution is 7.22. The van der Waals surface area contributed by atoms with Crippen LogP contribution in [0, 0.1) is 24.1 Å². The number of hydrogen-bond acceptors (Lipinski definition) is 13. The summed E-state index contributed by atoms with van der Waals surface area (Å²) in [6.07, 6.45) is -0.722. The molecule has 68 heavy (non-hydrogen) atoms. The third-order valence-corrected chi connectivity index (χ3v) is 14.5. The number of halogens is 1. The van der Waals surface area contributed by atoms with Crippen molar-refractivity contribution in [3.8, 4) is 43.9 Å². The van der Waals surface area contributed by atoms with Crippen LogP contribution in [0.3, 0.4) is 0 Å². The van der Waals surface area contributed by atoms with E-state index in [4.69, 9.17) is 18.9 Å². The molecule has 3 N–H and O–H groups in total. The summed E-state index contributed by atoms with van der Waals surface area (Å²) in [5, 5.41) is 24.4. The molecule has 0 unspecified atom stereocenters. The number of Topliss-reactive ketones (excluding diaryl/α,β-unsaturated/α-hetero) is 1. The van der Waals surface area contributed by atoms with Crippen LogP contribution in [-0.2, 0) is 30.4 Å². The highest BCUT2D eigenvalue weighted by atomic mass is 32.1. The van der Waals surface area contributed by atoms with E-state index in [2.05, 4.69) is 15.2 Å². The molecule has 0 spiro atoms. The predicted octanol–water partition coefficient (Wildman–Crippen LogP) is 8.63. The van der Waals surface area contributed by atoms with Gasteiger partial charge in [-0.1, -0.05) is 57.2 Å². The number of aromatic nitrogens is 1. The van der Waals surface area contributed by atoms with Gasteiger partial charge in [0.05, 0.1) is 46.4 Å². The Kier molecular flexibility index (Phi) is 15.5. The molecule has 6 aromatic rings. The summed E-state index contributed by atoms with van der Waals surface area (Å²) in [6, 6.07) is 25.8. The number of ketones is 1. The molecule has 3 atom stereocenters. The summed E-state index contributed by atoms with van der Waals surface area (Å²) in [5.41, 5.74) is 4.97. The number of carbonyl (C=O) groups excluding carboxylic acids is 3. The van der Waals surface area contributed by atoms with Crippen LogP contribution in [-0.4, -0.2) is 113 Å². The summed E-state index contributed by atoms with van der Waals surface area (Å²) in [7, 11) is 0. The molecule has 2 amide bonds. The number of fused-ring (bicyclic) bond motifs is 1. The van der Waals surface area contributed by atoms with Crippen LogP contribution in [0.2, 0.25) is 0 Å². The predicted molar refractivity (Wildman–Crippen MR) is 261 cm³/mol. The first-order valence-corrected chi connectivity index (χ1v) is 24.5. The lowest BCUT2D eigenvalue weighted by molar-refractivity contribution is -0.147. The van der Waals surface area contributed by atoms with Gasteiger partial charge < -0.3 is 39.4 Å². The molecule has 2 aliphatic heterocycles. The van der Waals surface area contributed by atoms with Gasteiger partial charge in [0.1, 0.15) is 42.3 Å². The summed E-state index contributed by atoms with van der Waals surface area (Å²) in [4.78, 5) is 50.6. The van der Waals surface area contributed by atoms with Crippen LogP contribution in [0.4, 0.5) is 4.39 Å². The Morgan fingerprint density at radius 1 is 0.897 bits per heavy atom. The van der Waals surface area contributed by atoms with Crippen molar-refractivity contribution in [2.75, 3.05) is 52.6 Å². The first-order valence-electron chi connectivity index (χ1n) is 22.8. The number of phenolic OH excluding ortho intramolecular Hbond substituents is 1. The molecule has 0 bridgehead atoms. The molecule has 2 aromatic heterocycles. The normalized spacial score (nSPS) is 17.0. The summed E-state index contributed by atoms with van der Waals surface area (Å²) in [6.45, 7) is 11.1. The summed E-state index contributed by atoms with van der Waals surface area (Å²) >= 11 is 3.04. The van der Waals surface area contributed by atoms with Gasteiger partial charge in [-0.05, 0) is 83.6 Å². The zero-order valence-electron chi connectivity index (χ0n) is 38.6. The summed E-state index contributed by atoms with van der Waals surface area (Å²) in [5.74, 6) is 0.180. The van der Waals surface area contributed by atoms with Crippen molar-refractivity contribution in [2.24, 2.45) is 11.3 Å². The quantitative estimate of drug-likeness (QED) is 0.0629. The fourth-order valence-electron chi connectivity index (χ4n) is 8.46. The van der Waals surface area contributed by atoms with Crippen molar-refractivity contribution >= 4 is 50.4 Å². The number of aromatic hydroxyl groups is 1. The van der Waals surface area contributed by atoms with Crippen LogP contribution in [0.25, 0.3) is 31.0 Å². The number of nitrogens with one attached hydrogen (secondary N) is 1. The molecule has 2 aliphatic rings. The maximum atomic E-state index is 14.0. The van der Waals surface area contributed by atoms with Crippen molar-refractivity contribution in [3.63, 3.8) is 0 Å². The Morgan fingerprint density at radius 2 is 1.60 bits per heavy atom. The van der Waals surface area contributed by atoms with Crippen LogP contribution in [0.1, 0.15) is 44.9 Å². The number of aliphatic hydroxyl groups excluding tert-OH is 1. The Morgan fingerprint density at radius 3 is 2.31 bits per heavy atom. The van der Waals surface area contributed by atoms with E-state index >= 15 is 0 Å². The topological polar surface area (TPSA) is 160 Å². The molecule has 4 aromatic carbocycles. The van der Waals surface area contributed by atoms with Gasteiger partial charge in [-0.2, -0.15) is 0 Å². The Hall–Kier alpha value is -5.75. The average Bonchev–Trinajstić information content (AvgIpc) is 4.02. The maximum absolute atomic E-state index is 14.0. The molecule has 4 heterocycles. The number of amides is 2. The Labute approximate surface area is 403 Å². The number of β-amino-alcohol motifs (C(OH)–C–C–N with tert-alkyl or cyclic N) is 1. The largest absolute Gasteiger partial charge is 0.508 e. The second-order valence-electron chi connectivity index (χ2n) is 18.4. The van der Waals surface area contributed by atoms with Gasteiger partial charge in [-0.15, -0.1) is 22.7 Å². The van der Waals surface area contributed by atoms with Gasteiger partial charge in [-0.25, -0.2) is 9.37 Å². The number of aryl methyl sites for hydroxylation is 1. The monoisotopic (exact) mass is 964 g/mol. The lowest BCUT2D eigenvalue weighted by Gasteiger charge is -2.38. The first kappa shape index (κ1) is 48.7. The summed E-state index contributed by atoms with van der Waals surface area (Å²) < 4.78 is 38.6. The highest BCUT2D eigenvalue weighted by Crippen LogP contribution is 2.47. The lowest BCUT2D eigenvalue weighted by Crippen LogP contribution is -2.53. The van der Waals surface area contributed by atoms with Crippen LogP contribution < -0.4 is 14.8 Å². The number of phenols is 1. The lowest BCUT2D eigenvalue weighted by atomic mass is 9.77. The number of benzene rings is 4. The minimum absolute atomic E-state index is 0.0243. The molecular weight excluding hydrogens is 908 g/mol. The molecule has 0 aliphatic carbocycles. The molecule has 2 fully saturated rings. The van der Waals surface area contributed by atoms with E-state index in [1.807, 2.05) is 87.8 Å². The van der Waals surface area contributed by atoms with Gasteiger partial charge in [-0.3, -0.25) is 19.3 Å². The third kappa shape index (κ3) is 12.1. The SMILES string of the molecule is Cc1ncsc1-c1ccc(CNC(=O)[C@@H]2C[C@@H](O)CN2C(=O)[C@@H](CC(=O)COCCOC2CN(CCOc3ccc(Oc4c(-c5ccc(F)cc5)sc5cc(O)ccc45)cc3)C2)C(C)(C)C)cc1. The maximum Gasteiger partial charge on any atom is 0.243 e. The van der Waals surface area contributed by atoms with E-state index in [9.17, 15) is 29.0 Å². The number of nitrogens with zero attached hydrogens (tertiary/aromatic N) is 3. The zero-order valence-corrected chi connectivity index (χ0v) is 40.2. The van der Waals surface area contributed by atoms with Crippen molar-refractivity contribution < 1.29 is 47.9 Å². The second kappa shape index (κ2) is 21.7. The molecule has 0 radical (unpaired) electrons. The van der Waals surface area contributed by atoms with Crippen molar-refractivity contribution in [1.29, 1.82) is 0 Å². The van der Waals surface area contributed by atoms with Crippen molar-refractivity contribution in [3.05, 3.63) is 114 Å². The van der Waals surface area contributed by atoms with Gasteiger partial charge >= 0.3 is 0 Å². The van der Waals surface area contributed by atoms with Crippen LogP contribution in [0.5, 0.6) is 23.0 Å². The van der Waals surface area contributed by atoms with E-state index in [0.717, 1.165) is 61.9 Å². The fraction of sp³-hybridized carbons (Fsp3) is 0.385. The zero-order chi connectivity index (χ0) is 48.0. The molecule has 2 saturated heterocycles. The molecule has 358 valence electrons. The van der Waals surface area contributed by atoms with E-state index in [0.29, 0.717) is 30.5 Å². The number of thiazole rings is 1. The molecule has 16 heteroatoms. The van der Waals surface area contributed by atoms with Crippen LogP contribution >= 0.6 is 22.7 Å². The highest BCUT2D eigenvalue weighted by Gasteiger charge is 2.44. The first-order chi connectivity index (χ1) is 32.7. The minimum Gasteiger partial charge on any atom is -0.508 e. The van der Waals surface area contributed by atoms with Gasteiger partial charge in [0, 0.05) is 61.6 Å². The number of aliphatic hydroxyl groups is 1. The number of rotatable bonds is 20. The van der Waals surface area contributed by atoms with Gasteiger partial charge in [0.25, 0.3) is 0 Å². The van der Waals surface area contributed by atoms with Crippen LogP contribution in [0.15, 0.2) is 96.5 Å².